The van der Waals surface area contributed by atoms with Gasteiger partial charge in [0.2, 0.25) is 0 Å². The van der Waals surface area contributed by atoms with Gasteiger partial charge in [0.1, 0.15) is 22.8 Å². The minimum atomic E-state index is -0.312. The summed E-state index contributed by atoms with van der Waals surface area (Å²) in [6.07, 6.45) is 2.51. The number of nitrogens with one attached hydrogen (secondary N) is 3. The number of aromatic nitrogens is 5. The first-order valence-electron chi connectivity index (χ1n) is 5.87. The van der Waals surface area contributed by atoms with Crippen LogP contribution in [0.3, 0.4) is 0 Å². The molecule has 0 amide bonds. The van der Waals surface area contributed by atoms with E-state index in [2.05, 4.69) is 43.5 Å². The standard InChI is InChI=1S/C11H12N6OS/c1-2-6-3-7-9(13-5-14-10(7)19-6)12-4-8-15-11(18)17-16-8/h3,5H,2,4H2,1H3,(H,12,13,14)(H2,15,16,17,18). The number of anilines is 1. The number of rotatable bonds is 4. The molecule has 3 rings (SSSR count). The third-order valence-corrected chi connectivity index (χ3v) is 3.89. The number of fused-ring (bicyclic) bond motifs is 1. The number of aromatic amines is 2. The average Bonchev–Trinajstić information content (AvgIpc) is 3.02. The van der Waals surface area contributed by atoms with E-state index in [9.17, 15) is 4.79 Å². The summed E-state index contributed by atoms with van der Waals surface area (Å²) >= 11 is 1.67. The van der Waals surface area contributed by atoms with Crippen molar-refractivity contribution in [3.63, 3.8) is 0 Å². The van der Waals surface area contributed by atoms with Crippen LogP contribution in [0, 0.1) is 0 Å². The van der Waals surface area contributed by atoms with E-state index in [0.717, 1.165) is 22.5 Å². The molecule has 0 unspecified atom stereocenters. The summed E-state index contributed by atoms with van der Waals surface area (Å²) in [6, 6.07) is 2.09. The third kappa shape index (κ3) is 2.34. The molecule has 0 atom stereocenters. The normalized spacial score (nSPS) is 11.0. The van der Waals surface area contributed by atoms with Crippen LogP contribution in [-0.4, -0.2) is 25.1 Å². The first-order chi connectivity index (χ1) is 9.26. The molecule has 3 aromatic rings. The van der Waals surface area contributed by atoms with Gasteiger partial charge in [-0.1, -0.05) is 6.92 Å². The highest BCUT2D eigenvalue weighted by molar-refractivity contribution is 7.18. The van der Waals surface area contributed by atoms with Crippen molar-refractivity contribution in [2.45, 2.75) is 19.9 Å². The summed E-state index contributed by atoms with van der Waals surface area (Å²) in [4.78, 5) is 24.2. The summed E-state index contributed by atoms with van der Waals surface area (Å²) in [5.41, 5.74) is -0.312. The summed E-state index contributed by atoms with van der Waals surface area (Å²) < 4.78 is 0. The predicted octanol–water partition coefficient (Wildman–Crippen LogP) is 1.28. The first-order valence-corrected chi connectivity index (χ1v) is 6.68. The highest BCUT2D eigenvalue weighted by Gasteiger charge is 2.08. The SMILES string of the molecule is CCc1cc2c(NCc3n[nH]c(=O)[nH]3)ncnc2s1. The van der Waals surface area contributed by atoms with Gasteiger partial charge >= 0.3 is 5.69 Å². The summed E-state index contributed by atoms with van der Waals surface area (Å²) in [5, 5.41) is 10.3. The van der Waals surface area contributed by atoms with Crippen LogP contribution < -0.4 is 11.0 Å². The number of hydrogen-bond donors (Lipinski definition) is 3. The second-order valence-electron chi connectivity index (χ2n) is 3.99. The lowest BCUT2D eigenvalue weighted by atomic mass is 10.3. The molecule has 3 aromatic heterocycles. The van der Waals surface area contributed by atoms with Crippen LogP contribution in [0.5, 0.6) is 0 Å². The average molecular weight is 276 g/mol. The van der Waals surface area contributed by atoms with E-state index in [1.807, 2.05) is 0 Å². The van der Waals surface area contributed by atoms with Crippen molar-refractivity contribution < 1.29 is 0 Å². The lowest BCUT2D eigenvalue weighted by Crippen LogP contribution is -2.05. The fourth-order valence-corrected chi connectivity index (χ4v) is 2.71. The van der Waals surface area contributed by atoms with Crippen LogP contribution in [0.1, 0.15) is 17.6 Å². The van der Waals surface area contributed by atoms with E-state index in [0.29, 0.717) is 12.4 Å². The maximum atomic E-state index is 10.9. The molecule has 0 bridgehead atoms. The molecule has 7 nitrogen and oxygen atoms in total. The Kier molecular flexibility index (Phi) is 3.00. The molecular formula is C11H12N6OS. The van der Waals surface area contributed by atoms with Gasteiger partial charge < -0.3 is 5.32 Å². The zero-order valence-corrected chi connectivity index (χ0v) is 11.0. The van der Waals surface area contributed by atoms with Gasteiger partial charge in [0.15, 0.2) is 0 Å². The van der Waals surface area contributed by atoms with Crippen LogP contribution in [0.15, 0.2) is 17.2 Å². The molecule has 0 aliphatic carbocycles. The third-order valence-electron chi connectivity index (χ3n) is 2.70. The van der Waals surface area contributed by atoms with E-state index in [1.165, 1.54) is 11.2 Å². The molecule has 3 heterocycles. The number of H-pyrrole nitrogens is 2. The molecule has 0 saturated heterocycles. The molecule has 8 heteroatoms. The van der Waals surface area contributed by atoms with Gasteiger partial charge in [-0.3, -0.25) is 4.98 Å². The minimum Gasteiger partial charge on any atom is -0.362 e. The largest absolute Gasteiger partial charge is 0.362 e. The Labute approximate surface area is 112 Å². The van der Waals surface area contributed by atoms with Crippen LogP contribution >= 0.6 is 11.3 Å². The molecule has 0 radical (unpaired) electrons. The Bertz CT molecular complexity index is 758. The molecule has 0 aliphatic rings. The summed E-state index contributed by atoms with van der Waals surface area (Å²) in [7, 11) is 0. The number of aryl methyl sites for hydroxylation is 1. The fraction of sp³-hybridized carbons (Fsp3) is 0.273. The van der Waals surface area contributed by atoms with E-state index >= 15 is 0 Å². The van der Waals surface area contributed by atoms with Gasteiger partial charge in [0.05, 0.1) is 11.9 Å². The molecule has 98 valence electrons. The van der Waals surface area contributed by atoms with Crippen molar-refractivity contribution in [3.8, 4) is 0 Å². The maximum Gasteiger partial charge on any atom is 0.340 e. The van der Waals surface area contributed by atoms with E-state index in [4.69, 9.17) is 0 Å². The quantitative estimate of drug-likeness (QED) is 0.666. The topological polar surface area (TPSA) is 99.3 Å². The number of thiophene rings is 1. The first kappa shape index (κ1) is 11.8. The van der Waals surface area contributed by atoms with Crippen molar-refractivity contribution in [2.24, 2.45) is 0 Å². The molecule has 3 N–H and O–H groups in total. The van der Waals surface area contributed by atoms with Crippen LogP contribution in [-0.2, 0) is 13.0 Å². The van der Waals surface area contributed by atoms with Gasteiger partial charge in [-0.2, -0.15) is 5.10 Å². The van der Waals surface area contributed by atoms with Crippen molar-refractivity contribution in [1.82, 2.24) is 25.1 Å². The molecule has 0 saturated carbocycles. The van der Waals surface area contributed by atoms with Crippen LogP contribution in [0.4, 0.5) is 5.82 Å². The number of hydrogen-bond acceptors (Lipinski definition) is 6. The Balaban J connectivity index is 1.87. The Morgan fingerprint density at radius 2 is 2.32 bits per heavy atom. The second-order valence-corrected chi connectivity index (χ2v) is 5.10. The second kappa shape index (κ2) is 4.81. The van der Waals surface area contributed by atoms with Crippen molar-refractivity contribution >= 4 is 27.4 Å². The van der Waals surface area contributed by atoms with Gasteiger partial charge in [-0.25, -0.2) is 19.9 Å². The summed E-state index contributed by atoms with van der Waals surface area (Å²) in [5.74, 6) is 1.30. The zero-order valence-electron chi connectivity index (χ0n) is 10.2. The zero-order chi connectivity index (χ0) is 13.2. The van der Waals surface area contributed by atoms with Crippen LogP contribution in [0.25, 0.3) is 10.2 Å². The van der Waals surface area contributed by atoms with Crippen LogP contribution in [0.2, 0.25) is 0 Å². The highest BCUT2D eigenvalue weighted by Crippen LogP contribution is 2.28. The molecule has 0 aromatic carbocycles. The molecule has 0 spiro atoms. The Morgan fingerprint density at radius 3 is 3.05 bits per heavy atom. The molecule has 0 fully saturated rings. The van der Waals surface area contributed by atoms with Gasteiger partial charge in [-0.05, 0) is 12.5 Å². The lowest BCUT2D eigenvalue weighted by molar-refractivity contribution is 0.947. The van der Waals surface area contributed by atoms with E-state index in [-0.39, 0.29) is 5.69 Å². The van der Waals surface area contributed by atoms with Gasteiger partial charge in [0.25, 0.3) is 0 Å². The van der Waals surface area contributed by atoms with Crippen molar-refractivity contribution in [2.75, 3.05) is 5.32 Å². The molecule has 19 heavy (non-hydrogen) atoms. The van der Waals surface area contributed by atoms with E-state index in [1.54, 1.807) is 11.3 Å². The molecular weight excluding hydrogens is 264 g/mol. The Morgan fingerprint density at radius 1 is 1.42 bits per heavy atom. The predicted molar refractivity (Wildman–Crippen MR) is 73.3 cm³/mol. The summed E-state index contributed by atoms with van der Waals surface area (Å²) in [6.45, 7) is 2.52. The van der Waals surface area contributed by atoms with Crippen molar-refractivity contribution in [1.29, 1.82) is 0 Å². The smallest absolute Gasteiger partial charge is 0.340 e. The monoisotopic (exact) mass is 276 g/mol. The fourth-order valence-electron chi connectivity index (χ4n) is 1.78. The van der Waals surface area contributed by atoms with E-state index < -0.39 is 0 Å². The molecule has 0 aliphatic heterocycles. The lowest BCUT2D eigenvalue weighted by Gasteiger charge is -2.03. The maximum absolute atomic E-state index is 10.9. The minimum absolute atomic E-state index is 0.312. The van der Waals surface area contributed by atoms with Crippen molar-refractivity contribution in [3.05, 3.63) is 33.6 Å². The highest BCUT2D eigenvalue weighted by atomic mass is 32.1. The Hall–Kier alpha value is -2.22. The van der Waals surface area contributed by atoms with Gasteiger partial charge in [-0.15, -0.1) is 11.3 Å². The number of nitrogens with zero attached hydrogens (tertiary/aromatic N) is 3. The van der Waals surface area contributed by atoms with Gasteiger partial charge in [0, 0.05) is 4.88 Å².